The van der Waals surface area contributed by atoms with Gasteiger partial charge in [-0.25, -0.2) is 4.79 Å². The highest BCUT2D eigenvalue weighted by Gasteiger charge is 2.03. The standard InChI is InChI=1S/C4H3NO4/c6-2-5-3(7)1-4(8)9/h1H2,(H,8,9). The van der Waals surface area contributed by atoms with E-state index in [1.807, 2.05) is 0 Å². The molecular formula is C4H3NO4. The fourth-order valence-electron chi connectivity index (χ4n) is 0.220. The number of carboxylic acids is 1. The second-order valence-electron chi connectivity index (χ2n) is 1.17. The molecular weight excluding hydrogens is 126 g/mol. The number of carbonyl (C=O) groups is 2. The number of rotatable bonds is 2. The lowest BCUT2D eigenvalue weighted by Crippen LogP contribution is -2.02. The van der Waals surface area contributed by atoms with Crippen LogP contribution in [-0.4, -0.2) is 23.1 Å². The molecule has 0 bridgehead atoms. The molecule has 5 nitrogen and oxygen atoms in total. The van der Waals surface area contributed by atoms with Crippen LogP contribution in [-0.2, 0) is 14.4 Å². The first-order valence-electron chi connectivity index (χ1n) is 1.99. The Hall–Kier alpha value is -1.48. The smallest absolute Gasteiger partial charge is 0.313 e. The average Bonchev–Trinajstić information content (AvgIpc) is 1.63. The molecule has 9 heavy (non-hydrogen) atoms. The van der Waals surface area contributed by atoms with Gasteiger partial charge in [0.25, 0.3) is 5.91 Å². The Kier molecular flexibility index (Phi) is 2.94. The minimum absolute atomic E-state index is 0.755. The Labute approximate surface area is 50.0 Å². The van der Waals surface area contributed by atoms with Gasteiger partial charge in [-0.05, 0) is 0 Å². The van der Waals surface area contributed by atoms with Crippen LogP contribution in [0.5, 0.6) is 0 Å². The van der Waals surface area contributed by atoms with Crippen LogP contribution in [0.3, 0.4) is 0 Å². The highest BCUT2D eigenvalue weighted by Crippen LogP contribution is 1.81. The molecule has 5 heteroatoms. The Morgan fingerprint density at radius 2 is 2.11 bits per heavy atom. The zero-order chi connectivity index (χ0) is 7.28. The molecule has 0 aromatic carbocycles. The normalized spacial score (nSPS) is 7.56. The molecule has 0 rings (SSSR count). The number of hydrogen-bond acceptors (Lipinski definition) is 3. The topological polar surface area (TPSA) is 83.8 Å². The summed E-state index contributed by atoms with van der Waals surface area (Å²) < 4.78 is 0. The molecule has 1 N–H and O–H groups in total. The van der Waals surface area contributed by atoms with E-state index in [9.17, 15) is 14.4 Å². The van der Waals surface area contributed by atoms with Crippen molar-refractivity contribution in [2.24, 2.45) is 4.99 Å². The van der Waals surface area contributed by atoms with Crippen molar-refractivity contribution in [1.82, 2.24) is 0 Å². The molecule has 0 aliphatic carbocycles. The number of amides is 1. The summed E-state index contributed by atoms with van der Waals surface area (Å²) in [5, 5.41) is 7.90. The van der Waals surface area contributed by atoms with Gasteiger partial charge < -0.3 is 5.11 Å². The van der Waals surface area contributed by atoms with Crippen LogP contribution >= 0.6 is 0 Å². The van der Waals surface area contributed by atoms with Gasteiger partial charge in [-0.15, -0.1) is 4.99 Å². The molecule has 0 fully saturated rings. The average molecular weight is 129 g/mol. The number of aliphatic carboxylic acids is 1. The van der Waals surface area contributed by atoms with Gasteiger partial charge in [0.05, 0.1) is 0 Å². The quantitative estimate of drug-likeness (QED) is 0.304. The van der Waals surface area contributed by atoms with Gasteiger partial charge in [-0.1, -0.05) is 0 Å². The highest BCUT2D eigenvalue weighted by atomic mass is 16.4. The molecule has 0 aliphatic heterocycles. The monoisotopic (exact) mass is 129 g/mol. The molecule has 0 saturated heterocycles. The molecule has 48 valence electrons. The summed E-state index contributed by atoms with van der Waals surface area (Å²) in [7, 11) is 0. The maximum absolute atomic E-state index is 10.0. The summed E-state index contributed by atoms with van der Waals surface area (Å²) in [4.78, 5) is 31.5. The van der Waals surface area contributed by atoms with E-state index in [0.29, 0.717) is 0 Å². The first kappa shape index (κ1) is 7.52. The summed E-state index contributed by atoms with van der Waals surface area (Å²) in [6.07, 6.45) is 0.180. The van der Waals surface area contributed by atoms with E-state index in [1.54, 1.807) is 0 Å². The van der Waals surface area contributed by atoms with Gasteiger partial charge in [0.1, 0.15) is 6.42 Å². The van der Waals surface area contributed by atoms with Gasteiger partial charge >= 0.3 is 5.97 Å². The van der Waals surface area contributed by atoms with Gasteiger partial charge in [0.15, 0.2) is 0 Å². The van der Waals surface area contributed by atoms with E-state index in [1.165, 1.54) is 0 Å². The van der Waals surface area contributed by atoms with Crippen LogP contribution in [0.25, 0.3) is 0 Å². The van der Waals surface area contributed by atoms with E-state index < -0.39 is 18.3 Å². The van der Waals surface area contributed by atoms with E-state index in [0.717, 1.165) is 6.08 Å². The lowest BCUT2D eigenvalue weighted by molar-refractivity contribution is -0.139. The largest absolute Gasteiger partial charge is 0.481 e. The van der Waals surface area contributed by atoms with Crippen molar-refractivity contribution in [2.75, 3.05) is 0 Å². The lowest BCUT2D eigenvalue weighted by atomic mass is 10.4. The summed E-state index contributed by atoms with van der Waals surface area (Å²) >= 11 is 0. The fourth-order valence-corrected chi connectivity index (χ4v) is 0.220. The van der Waals surface area contributed by atoms with Gasteiger partial charge in [0, 0.05) is 0 Å². The maximum Gasteiger partial charge on any atom is 0.313 e. The number of nitrogens with zero attached hydrogens (tertiary/aromatic N) is 1. The van der Waals surface area contributed by atoms with Crippen LogP contribution in [0.4, 0.5) is 0 Å². The molecule has 0 aromatic rings. The first-order chi connectivity index (χ1) is 4.16. The second kappa shape index (κ2) is 3.51. The number of isocyanates is 1. The SMILES string of the molecule is O=C=NC(=O)CC(=O)O. The van der Waals surface area contributed by atoms with Crippen LogP contribution in [0, 0.1) is 0 Å². The van der Waals surface area contributed by atoms with Crippen molar-refractivity contribution in [3.63, 3.8) is 0 Å². The zero-order valence-corrected chi connectivity index (χ0v) is 4.33. The van der Waals surface area contributed by atoms with Crippen LogP contribution < -0.4 is 0 Å². The van der Waals surface area contributed by atoms with E-state index in [4.69, 9.17) is 5.11 Å². The third-order valence-corrected chi connectivity index (χ3v) is 0.473. The predicted molar refractivity (Wildman–Crippen MR) is 25.4 cm³/mol. The summed E-state index contributed by atoms with van der Waals surface area (Å²) in [5.41, 5.74) is 0. The molecule has 1 amide bonds. The lowest BCUT2D eigenvalue weighted by Gasteiger charge is -1.80. The molecule has 0 atom stereocenters. The van der Waals surface area contributed by atoms with Crippen molar-refractivity contribution in [3.8, 4) is 0 Å². The van der Waals surface area contributed by atoms with Crippen LogP contribution in [0.15, 0.2) is 4.99 Å². The maximum atomic E-state index is 10.0. The van der Waals surface area contributed by atoms with Crippen LogP contribution in [0.2, 0.25) is 0 Å². The molecule has 0 radical (unpaired) electrons. The molecule has 0 aromatic heterocycles. The van der Waals surface area contributed by atoms with E-state index >= 15 is 0 Å². The summed E-state index contributed by atoms with van der Waals surface area (Å²) in [6.45, 7) is 0. The molecule has 0 aliphatic rings. The van der Waals surface area contributed by atoms with E-state index in [-0.39, 0.29) is 0 Å². The molecule has 0 heterocycles. The van der Waals surface area contributed by atoms with Crippen molar-refractivity contribution in [2.45, 2.75) is 6.42 Å². The summed E-state index contributed by atoms with van der Waals surface area (Å²) in [6, 6.07) is 0. The first-order valence-corrected chi connectivity index (χ1v) is 1.99. The third-order valence-electron chi connectivity index (χ3n) is 0.473. The molecule has 0 spiro atoms. The van der Waals surface area contributed by atoms with Crippen LogP contribution in [0.1, 0.15) is 6.42 Å². The number of carbonyl (C=O) groups excluding carboxylic acids is 2. The van der Waals surface area contributed by atoms with Crippen molar-refractivity contribution < 1.29 is 19.5 Å². The molecule has 0 unspecified atom stereocenters. The minimum Gasteiger partial charge on any atom is -0.481 e. The molecule has 0 saturated carbocycles. The number of carboxylic acid groups (broad SMARTS) is 1. The van der Waals surface area contributed by atoms with Gasteiger partial charge in [-0.2, -0.15) is 0 Å². The zero-order valence-electron chi connectivity index (χ0n) is 4.33. The predicted octanol–water partition coefficient (Wildman–Crippen LogP) is -0.676. The third kappa shape index (κ3) is 4.37. The van der Waals surface area contributed by atoms with Gasteiger partial charge in [-0.3, -0.25) is 9.59 Å². The Morgan fingerprint density at radius 3 is 2.44 bits per heavy atom. The van der Waals surface area contributed by atoms with Crippen molar-refractivity contribution >= 4 is 18.0 Å². The highest BCUT2D eigenvalue weighted by molar-refractivity contribution is 5.95. The fraction of sp³-hybridized carbons (Fsp3) is 0.250. The summed E-state index contributed by atoms with van der Waals surface area (Å²) in [5.74, 6) is -2.29. The minimum atomic E-state index is -1.31. The van der Waals surface area contributed by atoms with E-state index in [2.05, 4.69) is 4.99 Å². The second-order valence-corrected chi connectivity index (χ2v) is 1.17. The Balaban J connectivity index is 3.78. The number of aliphatic imine (C=N–C) groups is 1. The Morgan fingerprint density at radius 1 is 1.56 bits per heavy atom. The number of hydrogen-bond donors (Lipinski definition) is 1. The van der Waals surface area contributed by atoms with Crippen molar-refractivity contribution in [3.05, 3.63) is 0 Å². The Bertz CT molecular complexity index is 179. The van der Waals surface area contributed by atoms with Crippen molar-refractivity contribution in [1.29, 1.82) is 0 Å². The van der Waals surface area contributed by atoms with Gasteiger partial charge in [0.2, 0.25) is 6.08 Å².